The molecule has 26 heavy (non-hydrogen) atoms. The lowest BCUT2D eigenvalue weighted by atomic mass is 9.90. The minimum Gasteiger partial charge on any atom is -0.480 e. The van der Waals surface area contributed by atoms with Gasteiger partial charge in [-0.3, -0.25) is 4.79 Å². The third-order valence-electron chi connectivity index (χ3n) is 4.79. The van der Waals surface area contributed by atoms with Gasteiger partial charge in [0.25, 0.3) is 0 Å². The number of carboxylic acids is 1. The maximum Gasteiger partial charge on any atom is 0.329 e. The number of benzene rings is 1. The number of nitrogens with zero attached hydrogens (tertiary/aromatic N) is 4. The Morgan fingerprint density at radius 2 is 1.81 bits per heavy atom. The number of aromatic nitrogens is 4. The van der Waals surface area contributed by atoms with Gasteiger partial charge in [0.15, 0.2) is 0 Å². The number of carbonyl (C=O) groups is 2. The molecule has 0 unspecified atom stereocenters. The molecular formula is C18H23N5O3. The highest BCUT2D eigenvalue weighted by atomic mass is 16.4. The second kappa shape index (κ2) is 7.63. The molecule has 1 saturated carbocycles. The summed E-state index contributed by atoms with van der Waals surface area (Å²) < 4.78 is 0. The fraction of sp³-hybridized carbons (Fsp3) is 0.500. The minimum atomic E-state index is -1.19. The standard InChI is InChI=1S/C18H23N5O3/c1-13-6-8-14(9-7-13)16-20-22-23(21-16)12-15(24)19-18(17(25)26)10-4-2-3-5-11-18/h6-9H,2-5,10-12H2,1H3,(H,19,24)(H,25,26). The molecule has 2 N–H and O–H groups in total. The average Bonchev–Trinajstić information content (AvgIpc) is 2.92. The van der Waals surface area contributed by atoms with Crippen molar-refractivity contribution in [2.75, 3.05) is 0 Å². The van der Waals surface area contributed by atoms with E-state index < -0.39 is 17.4 Å². The van der Waals surface area contributed by atoms with Gasteiger partial charge in [-0.2, -0.15) is 4.80 Å². The van der Waals surface area contributed by atoms with E-state index in [-0.39, 0.29) is 6.54 Å². The summed E-state index contributed by atoms with van der Waals surface area (Å²) in [7, 11) is 0. The maximum atomic E-state index is 12.4. The molecule has 1 aliphatic rings. The summed E-state index contributed by atoms with van der Waals surface area (Å²) in [6.07, 6.45) is 4.49. The fourth-order valence-corrected chi connectivity index (χ4v) is 3.29. The molecule has 1 aromatic carbocycles. The lowest BCUT2D eigenvalue weighted by molar-refractivity contribution is -0.148. The van der Waals surface area contributed by atoms with E-state index >= 15 is 0 Å². The van der Waals surface area contributed by atoms with Gasteiger partial charge in [-0.05, 0) is 25.0 Å². The number of carboxylic acid groups (broad SMARTS) is 1. The number of aliphatic carboxylic acids is 1. The van der Waals surface area contributed by atoms with E-state index in [0.29, 0.717) is 18.7 Å². The Kier molecular flexibility index (Phi) is 5.29. The van der Waals surface area contributed by atoms with Crippen LogP contribution in [0.15, 0.2) is 24.3 Å². The molecule has 0 atom stereocenters. The van der Waals surface area contributed by atoms with Gasteiger partial charge >= 0.3 is 5.97 Å². The van der Waals surface area contributed by atoms with Gasteiger partial charge in [0, 0.05) is 5.56 Å². The summed E-state index contributed by atoms with van der Waals surface area (Å²) in [6, 6.07) is 7.68. The van der Waals surface area contributed by atoms with Crippen molar-refractivity contribution in [1.29, 1.82) is 0 Å². The summed E-state index contributed by atoms with van der Waals surface area (Å²) in [4.78, 5) is 25.3. The molecule has 0 aliphatic heterocycles. The van der Waals surface area contributed by atoms with E-state index in [1.165, 1.54) is 4.80 Å². The van der Waals surface area contributed by atoms with Crippen LogP contribution < -0.4 is 5.32 Å². The van der Waals surface area contributed by atoms with Crippen LogP contribution in [-0.2, 0) is 16.1 Å². The van der Waals surface area contributed by atoms with Gasteiger partial charge in [0.1, 0.15) is 12.1 Å². The summed E-state index contributed by atoms with van der Waals surface area (Å²) in [5, 5.41) is 24.4. The van der Waals surface area contributed by atoms with Gasteiger partial charge < -0.3 is 10.4 Å². The number of nitrogens with one attached hydrogen (secondary N) is 1. The molecule has 8 nitrogen and oxygen atoms in total. The second-order valence-corrected chi connectivity index (χ2v) is 6.86. The first-order valence-electron chi connectivity index (χ1n) is 8.88. The van der Waals surface area contributed by atoms with Crippen molar-refractivity contribution in [1.82, 2.24) is 25.5 Å². The molecule has 1 aromatic heterocycles. The van der Waals surface area contributed by atoms with Crippen molar-refractivity contribution in [2.24, 2.45) is 0 Å². The van der Waals surface area contributed by atoms with Crippen molar-refractivity contribution in [3.63, 3.8) is 0 Å². The summed E-state index contributed by atoms with van der Waals surface area (Å²) in [6.45, 7) is 1.83. The molecule has 0 saturated heterocycles. The van der Waals surface area contributed by atoms with Crippen molar-refractivity contribution < 1.29 is 14.7 Å². The Hall–Kier alpha value is -2.77. The number of aryl methyl sites for hydroxylation is 1. The van der Waals surface area contributed by atoms with Crippen LogP contribution in [0, 0.1) is 6.92 Å². The van der Waals surface area contributed by atoms with Crippen LogP contribution in [0.5, 0.6) is 0 Å². The normalized spacial score (nSPS) is 16.7. The first kappa shape index (κ1) is 18.0. The third kappa shape index (κ3) is 4.07. The third-order valence-corrected chi connectivity index (χ3v) is 4.79. The number of hydrogen-bond donors (Lipinski definition) is 2. The van der Waals surface area contributed by atoms with Crippen LogP contribution >= 0.6 is 0 Å². The Morgan fingerprint density at radius 1 is 1.15 bits per heavy atom. The van der Waals surface area contributed by atoms with Crippen LogP contribution in [-0.4, -0.2) is 42.7 Å². The highest BCUT2D eigenvalue weighted by molar-refractivity contribution is 5.86. The number of carbonyl (C=O) groups excluding carboxylic acids is 1. The summed E-state index contributed by atoms with van der Waals surface area (Å²) >= 11 is 0. The zero-order valence-corrected chi connectivity index (χ0v) is 14.8. The predicted molar refractivity (Wildman–Crippen MR) is 94.2 cm³/mol. The molecule has 0 radical (unpaired) electrons. The van der Waals surface area contributed by atoms with Gasteiger partial charge in [-0.1, -0.05) is 55.5 Å². The fourth-order valence-electron chi connectivity index (χ4n) is 3.29. The van der Waals surface area contributed by atoms with Gasteiger partial charge in [0.05, 0.1) is 0 Å². The molecule has 1 aliphatic carbocycles. The molecule has 1 amide bonds. The zero-order chi connectivity index (χ0) is 18.6. The van der Waals surface area contributed by atoms with Gasteiger partial charge in [-0.25, -0.2) is 4.79 Å². The SMILES string of the molecule is Cc1ccc(-c2nnn(CC(=O)NC3(C(=O)O)CCCCCC3)n2)cc1. The van der Waals surface area contributed by atoms with E-state index in [1.807, 2.05) is 31.2 Å². The molecule has 1 fully saturated rings. The molecule has 8 heteroatoms. The predicted octanol–water partition coefficient (Wildman–Crippen LogP) is 1.94. The Morgan fingerprint density at radius 3 is 2.42 bits per heavy atom. The van der Waals surface area contributed by atoms with E-state index in [0.717, 1.165) is 36.8 Å². The highest BCUT2D eigenvalue weighted by Crippen LogP contribution is 2.27. The smallest absolute Gasteiger partial charge is 0.329 e. The minimum absolute atomic E-state index is 0.159. The van der Waals surface area contributed by atoms with Crippen LogP contribution in [0.25, 0.3) is 11.4 Å². The van der Waals surface area contributed by atoms with Crippen LogP contribution in [0.3, 0.4) is 0 Å². The van der Waals surface area contributed by atoms with Crippen LogP contribution in [0.1, 0.15) is 44.1 Å². The lowest BCUT2D eigenvalue weighted by Gasteiger charge is -2.29. The number of hydrogen-bond acceptors (Lipinski definition) is 5. The highest BCUT2D eigenvalue weighted by Gasteiger charge is 2.40. The molecule has 0 spiro atoms. The maximum absolute atomic E-state index is 12.4. The topological polar surface area (TPSA) is 110 Å². The van der Waals surface area contributed by atoms with E-state index in [1.54, 1.807) is 0 Å². The molecule has 0 bridgehead atoms. The average molecular weight is 357 g/mol. The summed E-state index contributed by atoms with van der Waals surface area (Å²) in [5.74, 6) is -0.956. The second-order valence-electron chi connectivity index (χ2n) is 6.86. The zero-order valence-electron chi connectivity index (χ0n) is 14.8. The molecular weight excluding hydrogens is 334 g/mol. The first-order chi connectivity index (χ1) is 12.5. The lowest BCUT2D eigenvalue weighted by Crippen LogP contribution is -2.55. The van der Waals surface area contributed by atoms with E-state index in [2.05, 4.69) is 20.7 Å². The quantitative estimate of drug-likeness (QED) is 0.791. The van der Waals surface area contributed by atoms with Crippen LogP contribution in [0.4, 0.5) is 0 Å². The molecule has 1 heterocycles. The van der Waals surface area contributed by atoms with E-state index in [4.69, 9.17) is 0 Å². The summed E-state index contributed by atoms with van der Waals surface area (Å²) in [5.41, 5.74) is 0.754. The molecule has 3 rings (SSSR count). The number of amides is 1. The number of rotatable bonds is 5. The van der Waals surface area contributed by atoms with Gasteiger partial charge in [-0.15, -0.1) is 10.2 Å². The largest absolute Gasteiger partial charge is 0.480 e. The van der Waals surface area contributed by atoms with E-state index in [9.17, 15) is 14.7 Å². The van der Waals surface area contributed by atoms with Crippen molar-refractivity contribution in [3.8, 4) is 11.4 Å². The molecule has 138 valence electrons. The Balaban J connectivity index is 1.67. The van der Waals surface area contributed by atoms with Crippen molar-refractivity contribution in [3.05, 3.63) is 29.8 Å². The first-order valence-corrected chi connectivity index (χ1v) is 8.88. The Bertz CT molecular complexity index is 776. The van der Waals surface area contributed by atoms with Crippen LogP contribution in [0.2, 0.25) is 0 Å². The van der Waals surface area contributed by atoms with Crippen molar-refractivity contribution in [2.45, 2.75) is 57.5 Å². The number of tetrazole rings is 1. The monoisotopic (exact) mass is 357 g/mol. The van der Waals surface area contributed by atoms with Gasteiger partial charge in [0.2, 0.25) is 11.7 Å². The molecule has 2 aromatic rings. The Labute approximate surface area is 151 Å². The van der Waals surface area contributed by atoms with Crippen molar-refractivity contribution >= 4 is 11.9 Å².